The molecule has 0 spiro atoms. The van der Waals surface area contributed by atoms with Crippen LogP contribution in [0.5, 0.6) is 0 Å². The maximum absolute atomic E-state index is 10.4. The zero-order valence-electron chi connectivity index (χ0n) is 21.6. The summed E-state index contributed by atoms with van der Waals surface area (Å²) in [7, 11) is 0. The van der Waals surface area contributed by atoms with Crippen molar-refractivity contribution in [3.8, 4) is 0 Å². The summed E-state index contributed by atoms with van der Waals surface area (Å²) >= 11 is 0. The predicted octanol–water partition coefficient (Wildman–Crippen LogP) is 7.35. The lowest BCUT2D eigenvalue weighted by Crippen LogP contribution is -2.58. The Hall–Kier alpha value is -0.380. The number of hydrogen-bond donors (Lipinski definition) is 2. The molecule has 3 heteroatoms. The largest absolute Gasteiger partial charge is 0.393 e. The summed E-state index contributed by atoms with van der Waals surface area (Å²) in [5.41, 5.74) is 0.605. The van der Waals surface area contributed by atoms with Crippen molar-refractivity contribution >= 4 is 0 Å². The number of fused-ring (bicyclic) bond motifs is 5. The van der Waals surface area contributed by atoms with Gasteiger partial charge in [0.2, 0.25) is 0 Å². The van der Waals surface area contributed by atoms with Gasteiger partial charge in [-0.05, 0) is 116 Å². The van der Waals surface area contributed by atoms with Crippen LogP contribution in [0.2, 0.25) is 0 Å². The molecule has 0 amide bonds. The molecule has 4 aliphatic carbocycles. The summed E-state index contributed by atoms with van der Waals surface area (Å²) in [6.07, 6.45) is 15.1. The van der Waals surface area contributed by atoms with Gasteiger partial charge in [-0.3, -0.25) is 5.26 Å². The van der Waals surface area contributed by atoms with Gasteiger partial charge >= 0.3 is 0 Å². The fourth-order valence-electron chi connectivity index (χ4n) is 9.55. The number of aliphatic hydroxyl groups excluding tert-OH is 1. The molecule has 0 aromatic rings. The smallest absolute Gasteiger partial charge is 0.0964 e. The first-order valence-corrected chi connectivity index (χ1v) is 13.8. The summed E-state index contributed by atoms with van der Waals surface area (Å²) < 4.78 is 0. The Morgan fingerprint density at radius 3 is 2.25 bits per heavy atom. The Kier molecular flexibility index (Phi) is 7.22. The van der Waals surface area contributed by atoms with E-state index in [0.717, 1.165) is 43.4 Å². The van der Waals surface area contributed by atoms with Gasteiger partial charge in [-0.2, -0.15) is 0 Å². The lowest BCUT2D eigenvalue weighted by atomic mass is 9.44. The summed E-state index contributed by atoms with van der Waals surface area (Å²) in [5.74, 6) is 5.22. The van der Waals surface area contributed by atoms with Crippen LogP contribution >= 0.6 is 0 Å². The first-order chi connectivity index (χ1) is 15.2. The Labute approximate surface area is 197 Å². The fourth-order valence-corrected chi connectivity index (χ4v) is 9.55. The highest BCUT2D eigenvalue weighted by Gasteiger charge is 2.62. The van der Waals surface area contributed by atoms with Crippen LogP contribution in [-0.4, -0.2) is 22.6 Å². The molecule has 0 aliphatic heterocycles. The highest BCUT2D eigenvalue weighted by Crippen LogP contribution is 2.68. The topological polar surface area (TPSA) is 49.7 Å². The van der Waals surface area contributed by atoms with Crippen LogP contribution in [0.15, 0.2) is 12.2 Å². The molecule has 0 heterocycles. The van der Waals surface area contributed by atoms with E-state index in [0.29, 0.717) is 35.0 Å². The van der Waals surface area contributed by atoms with Crippen LogP contribution in [0.3, 0.4) is 0 Å². The molecular weight excluding hydrogens is 396 g/mol. The Bertz CT molecular complexity index is 673. The lowest BCUT2D eigenvalue weighted by Gasteiger charge is -2.62. The molecular formula is C29H50O3. The minimum Gasteiger partial charge on any atom is -0.393 e. The molecule has 32 heavy (non-hydrogen) atoms. The summed E-state index contributed by atoms with van der Waals surface area (Å²) in [5, 5.41) is 20.2. The maximum Gasteiger partial charge on any atom is 0.0964 e. The van der Waals surface area contributed by atoms with Crippen LogP contribution in [0.1, 0.15) is 99.3 Å². The van der Waals surface area contributed by atoms with Crippen molar-refractivity contribution in [2.24, 2.45) is 58.2 Å². The van der Waals surface area contributed by atoms with Gasteiger partial charge < -0.3 is 5.11 Å². The van der Waals surface area contributed by atoms with Crippen LogP contribution in [0, 0.1) is 58.2 Å². The molecule has 0 radical (unpaired) electrons. The van der Waals surface area contributed by atoms with E-state index in [4.69, 9.17) is 4.89 Å². The fraction of sp³-hybridized carbons (Fsp3) is 0.931. The third-order valence-corrected chi connectivity index (χ3v) is 11.5. The van der Waals surface area contributed by atoms with Crippen LogP contribution < -0.4 is 0 Å². The zero-order valence-corrected chi connectivity index (χ0v) is 21.6. The van der Waals surface area contributed by atoms with E-state index in [2.05, 4.69) is 53.7 Å². The van der Waals surface area contributed by atoms with Crippen LogP contribution in [0.25, 0.3) is 0 Å². The third kappa shape index (κ3) is 4.03. The van der Waals surface area contributed by atoms with E-state index in [1.807, 2.05) is 0 Å². The molecule has 4 fully saturated rings. The second kappa shape index (κ2) is 9.34. The average molecular weight is 447 g/mol. The number of rotatable bonds is 6. The van der Waals surface area contributed by atoms with Crippen molar-refractivity contribution in [2.75, 3.05) is 0 Å². The molecule has 3 nitrogen and oxygen atoms in total. The highest BCUT2D eigenvalue weighted by atomic mass is 17.1. The minimum atomic E-state index is -0.225. The van der Waals surface area contributed by atoms with Crippen LogP contribution in [0.4, 0.5) is 0 Å². The van der Waals surface area contributed by atoms with E-state index in [-0.39, 0.29) is 17.6 Å². The average Bonchev–Trinajstić information content (AvgIpc) is 3.11. The second-order valence-corrected chi connectivity index (χ2v) is 13.1. The van der Waals surface area contributed by atoms with E-state index < -0.39 is 0 Å². The first-order valence-electron chi connectivity index (χ1n) is 13.8. The van der Waals surface area contributed by atoms with Gasteiger partial charge in [-0.25, -0.2) is 4.89 Å². The van der Waals surface area contributed by atoms with Gasteiger partial charge in [0.25, 0.3) is 0 Å². The van der Waals surface area contributed by atoms with Crippen molar-refractivity contribution in [1.82, 2.24) is 0 Å². The Balaban J connectivity index is 1.54. The van der Waals surface area contributed by atoms with Gasteiger partial charge in [-0.1, -0.05) is 53.7 Å². The standard InChI is InChI=1S/C29H50O3/c1-7-20(18(2)3)9-8-19(4)23-10-11-24-22-17-27(32-31)26-16-21(30)12-14-29(26,6)25(22)13-15-28(23,24)5/h8-9,18-27,30-31H,7,10-17H2,1-6H3/b9-8+/t19-,20-,21+,22+,23-,24+,25+,26?,27-,28-,29-/m1/s1. The highest BCUT2D eigenvalue weighted by molar-refractivity contribution is 5.12. The summed E-state index contributed by atoms with van der Waals surface area (Å²) in [4.78, 5) is 5.16. The van der Waals surface area contributed by atoms with Crippen LogP contribution in [-0.2, 0) is 4.89 Å². The molecule has 4 saturated carbocycles. The molecule has 0 bridgehead atoms. The van der Waals surface area contributed by atoms with Gasteiger partial charge in [-0.15, -0.1) is 0 Å². The van der Waals surface area contributed by atoms with Gasteiger partial charge in [0.05, 0.1) is 12.2 Å². The minimum absolute atomic E-state index is 0.105. The summed E-state index contributed by atoms with van der Waals surface area (Å²) in [6, 6.07) is 0. The van der Waals surface area contributed by atoms with Crippen molar-refractivity contribution in [1.29, 1.82) is 0 Å². The molecule has 4 aliphatic rings. The molecule has 1 unspecified atom stereocenters. The molecule has 184 valence electrons. The maximum atomic E-state index is 10.4. The van der Waals surface area contributed by atoms with Gasteiger partial charge in [0, 0.05) is 0 Å². The monoisotopic (exact) mass is 446 g/mol. The van der Waals surface area contributed by atoms with E-state index in [1.165, 1.54) is 32.1 Å². The van der Waals surface area contributed by atoms with E-state index >= 15 is 0 Å². The molecule has 0 aromatic heterocycles. The lowest BCUT2D eigenvalue weighted by molar-refractivity contribution is -0.325. The van der Waals surface area contributed by atoms with Gasteiger partial charge in [0.1, 0.15) is 0 Å². The molecule has 11 atom stereocenters. The Morgan fingerprint density at radius 2 is 1.59 bits per heavy atom. The molecule has 2 N–H and O–H groups in total. The summed E-state index contributed by atoms with van der Waals surface area (Å²) in [6.45, 7) is 14.5. The number of allylic oxidation sites excluding steroid dienone is 2. The van der Waals surface area contributed by atoms with E-state index in [9.17, 15) is 10.4 Å². The third-order valence-electron chi connectivity index (χ3n) is 11.5. The molecule has 0 saturated heterocycles. The predicted molar refractivity (Wildman–Crippen MR) is 131 cm³/mol. The normalized spacial score (nSPS) is 48.3. The SMILES string of the molecule is CC[C@H](/C=C/[C@@H](C)[C@H]1CC[C@H]2[C@@H]3C[C@@H](OO)C4C[C@@H](O)CC[C@]4(C)[C@H]3CC[C@]12C)C(C)C. The zero-order chi connectivity index (χ0) is 23.3. The molecule has 4 rings (SSSR count). The Morgan fingerprint density at radius 1 is 0.906 bits per heavy atom. The second-order valence-electron chi connectivity index (χ2n) is 13.1. The molecule has 0 aromatic carbocycles. The van der Waals surface area contributed by atoms with Gasteiger partial charge in [0.15, 0.2) is 0 Å². The first kappa shape index (κ1) is 24.7. The van der Waals surface area contributed by atoms with Crippen molar-refractivity contribution in [3.63, 3.8) is 0 Å². The van der Waals surface area contributed by atoms with E-state index in [1.54, 1.807) is 0 Å². The van der Waals surface area contributed by atoms with Crippen molar-refractivity contribution in [3.05, 3.63) is 12.2 Å². The van der Waals surface area contributed by atoms with Crippen molar-refractivity contribution in [2.45, 2.75) is 112 Å². The van der Waals surface area contributed by atoms with Crippen molar-refractivity contribution < 1.29 is 15.3 Å². The number of hydrogen-bond acceptors (Lipinski definition) is 3. The quantitative estimate of drug-likeness (QED) is 0.255. The number of aliphatic hydroxyl groups is 1.